The van der Waals surface area contributed by atoms with Gasteiger partial charge in [-0.15, -0.1) is 6.58 Å². The Balaban J connectivity index is 1.88. The molecule has 0 saturated carbocycles. The van der Waals surface area contributed by atoms with Gasteiger partial charge < -0.3 is 15.0 Å². The van der Waals surface area contributed by atoms with Gasteiger partial charge in [0.1, 0.15) is 11.8 Å². The van der Waals surface area contributed by atoms with E-state index in [4.69, 9.17) is 4.74 Å². The molecule has 2 amide bonds. The van der Waals surface area contributed by atoms with Crippen LogP contribution >= 0.6 is 0 Å². The second-order valence-corrected chi connectivity index (χ2v) is 10.6. The summed E-state index contributed by atoms with van der Waals surface area (Å²) in [6.07, 6.45) is 2.11. The van der Waals surface area contributed by atoms with E-state index in [1.165, 1.54) is 12.1 Å². The third-order valence-corrected chi connectivity index (χ3v) is 7.69. The third-order valence-electron chi connectivity index (χ3n) is 6.12. The highest BCUT2D eigenvalue weighted by Crippen LogP contribution is 2.26. The lowest BCUT2D eigenvalue weighted by molar-refractivity contribution is -0.141. The number of methoxy groups -OCH3 is 1. The lowest BCUT2D eigenvalue weighted by Crippen LogP contribution is -2.43. The highest BCUT2D eigenvalue weighted by molar-refractivity contribution is 7.89. The Kier molecular flexibility index (Phi) is 10.8. The number of benzene rings is 3. The van der Waals surface area contributed by atoms with Gasteiger partial charge in [0, 0.05) is 26.1 Å². The highest BCUT2D eigenvalue weighted by Gasteiger charge is 2.31. The van der Waals surface area contributed by atoms with Crippen molar-refractivity contribution in [1.29, 1.82) is 0 Å². The first-order valence-electron chi connectivity index (χ1n) is 12.7. The van der Waals surface area contributed by atoms with E-state index in [9.17, 15) is 18.0 Å². The maximum atomic E-state index is 13.7. The zero-order valence-corrected chi connectivity index (χ0v) is 23.1. The van der Waals surface area contributed by atoms with Crippen LogP contribution in [-0.2, 0) is 32.6 Å². The summed E-state index contributed by atoms with van der Waals surface area (Å²) in [7, 11) is -1.97. The van der Waals surface area contributed by atoms with Crippen LogP contribution in [0.25, 0.3) is 0 Å². The van der Waals surface area contributed by atoms with Crippen molar-refractivity contribution in [3.05, 3.63) is 108 Å². The molecule has 3 rings (SSSR count). The van der Waals surface area contributed by atoms with Crippen molar-refractivity contribution >= 4 is 21.8 Å². The Morgan fingerprint density at radius 3 is 2.21 bits per heavy atom. The van der Waals surface area contributed by atoms with E-state index in [-0.39, 0.29) is 36.2 Å². The van der Waals surface area contributed by atoms with Crippen LogP contribution in [0.1, 0.15) is 36.1 Å². The summed E-state index contributed by atoms with van der Waals surface area (Å²) in [5.74, 6) is 0.179. The van der Waals surface area contributed by atoms with E-state index in [1.54, 1.807) is 37.1 Å². The monoisotopic (exact) mass is 549 g/mol. The predicted molar refractivity (Wildman–Crippen MR) is 152 cm³/mol. The molecule has 0 spiro atoms. The van der Waals surface area contributed by atoms with Crippen LogP contribution in [0.5, 0.6) is 5.75 Å². The summed E-state index contributed by atoms with van der Waals surface area (Å²) >= 11 is 0. The Bertz CT molecular complexity index is 1340. The fourth-order valence-electron chi connectivity index (χ4n) is 4.13. The molecule has 0 fully saturated rings. The molecule has 2 N–H and O–H groups in total. The van der Waals surface area contributed by atoms with E-state index in [2.05, 4.69) is 16.6 Å². The number of sulfonamides is 1. The topological polar surface area (TPSA) is 105 Å². The zero-order valence-electron chi connectivity index (χ0n) is 22.3. The van der Waals surface area contributed by atoms with Crippen LogP contribution in [0.15, 0.2) is 96.4 Å². The number of hydrogen-bond donors (Lipinski definition) is 2. The lowest BCUT2D eigenvalue weighted by Gasteiger charge is -2.31. The Labute approximate surface area is 230 Å². The van der Waals surface area contributed by atoms with Gasteiger partial charge in [-0.05, 0) is 47.4 Å². The summed E-state index contributed by atoms with van der Waals surface area (Å²) in [6, 6.07) is 22.2. The van der Waals surface area contributed by atoms with E-state index in [1.807, 2.05) is 54.6 Å². The van der Waals surface area contributed by atoms with Crippen LogP contribution in [0.2, 0.25) is 0 Å². The number of carbonyl (C=O) groups is 2. The van der Waals surface area contributed by atoms with Gasteiger partial charge in [-0.1, -0.05) is 67.6 Å². The van der Waals surface area contributed by atoms with Crippen molar-refractivity contribution in [2.24, 2.45) is 0 Å². The molecule has 0 aliphatic rings. The second-order valence-electron chi connectivity index (χ2n) is 8.86. The van der Waals surface area contributed by atoms with Gasteiger partial charge in [0.25, 0.3) is 0 Å². The number of carbonyl (C=O) groups excluding carboxylic acids is 2. The molecule has 39 heavy (non-hydrogen) atoms. The molecule has 1 atom stereocenters. The smallest absolute Gasteiger partial charge is 0.247 e. The molecule has 0 unspecified atom stereocenters. The number of amides is 2. The molecule has 3 aromatic carbocycles. The number of hydrogen-bond acceptors (Lipinski definition) is 5. The summed E-state index contributed by atoms with van der Waals surface area (Å²) < 4.78 is 32.2. The normalized spacial score (nSPS) is 11.8. The maximum Gasteiger partial charge on any atom is 0.247 e. The molecular weight excluding hydrogens is 514 g/mol. The predicted octanol–water partition coefficient (Wildman–Crippen LogP) is 4.00. The summed E-state index contributed by atoms with van der Waals surface area (Å²) in [5, 5.41) is 2.84. The van der Waals surface area contributed by atoms with Crippen LogP contribution < -0.4 is 14.8 Å². The second kappa shape index (κ2) is 14.3. The van der Waals surface area contributed by atoms with Gasteiger partial charge in [-0.2, -0.15) is 0 Å². The minimum absolute atomic E-state index is 0.132. The fraction of sp³-hybridized carbons (Fsp3) is 0.267. The van der Waals surface area contributed by atoms with Crippen molar-refractivity contribution in [2.45, 2.75) is 37.2 Å². The first kappa shape index (κ1) is 29.6. The van der Waals surface area contributed by atoms with E-state index in [0.717, 1.165) is 11.1 Å². The van der Waals surface area contributed by atoms with Crippen molar-refractivity contribution in [3.8, 4) is 5.75 Å². The molecule has 0 aromatic heterocycles. The first-order valence-corrected chi connectivity index (χ1v) is 14.2. The SMILES string of the molecule is C=CCNC(=O)[C@@H](c1ccccc1)N(Cc1ccc(OC)cc1)C(=O)CCc1ccc(S(=O)(=O)NCC)cc1. The van der Waals surface area contributed by atoms with Crippen molar-refractivity contribution in [2.75, 3.05) is 20.2 Å². The van der Waals surface area contributed by atoms with E-state index in [0.29, 0.717) is 24.3 Å². The molecule has 3 aromatic rings. The molecule has 206 valence electrons. The molecule has 0 saturated heterocycles. The Morgan fingerprint density at radius 2 is 1.62 bits per heavy atom. The van der Waals surface area contributed by atoms with Crippen LogP contribution in [-0.4, -0.2) is 45.3 Å². The number of nitrogens with zero attached hydrogens (tertiary/aromatic N) is 1. The van der Waals surface area contributed by atoms with Crippen LogP contribution in [0.3, 0.4) is 0 Å². The van der Waals surface area contributed by atoms with Crippen molar-refractivity contribution in [3.63, 3.8) is 0 Å². The molecule has 0 radical (unpaired) electrons. The molecule has 0 bridgehead atoms. The van der Waals surface area contributed by atoms with Crippen molar-refractivity contribution in [1.82, 2.24) is 14.9 Å². The van der Waals surface area contributed by atoms with Gasteiger partial charge in [-0.25, -0.2) is 13.1 Å². The number of aryl methyl sites for hydroxylation is 1. The standard InChI is InChI=1S/C30H35N3O5S/c1-4-21-31-30(35)29(25-9-7-6-8-10-25)33(22-24-11-16-26(38-3)17-12-24)28(34)20-15-23-13-18-27(19-14-23)39(36,37)32-5-2/h4,6-14,16-19,29,32H,1,5,15,20-22H2,2-3H3,(H,31,35)/t29-/m1/s1. The summed E-state index contributed by atoms with van der Waals surface area (Å²) in [5.41, 5.74) is 2.36. The van der Waals surface area contributed by atoms with Gasteiger partial charge in [0.2, 0.25) is 21.8 Å². The molecule has 0 heterocycles. The highest BCUT2D eigenvalue weighted by atomic mass is 32.2. The number of rotatable bonds is 14. The van der Waals surface area contributed by atoms with Gasteiger partial charge in [0.05, 0.1) is 12.0 Å². The van der Waals surface area contributed by atoms with E-state index >= 15 is 0 Å². The zero-order chi connectivity index (χ0) is 28.3. The summed E-state index contributed by atoms with van der Waals surface area (Å²) in [4.78, 5) is 28.9. The van der Waals surface area contributed by atoms with Gasteiger partial charge in [0.15, 0.2) is 0 Å². The average molecular weight is 550 g/mol. The van der Waals surface area contributed by atoms with Crippen molar-refractivity contribution < 1.29 is 22.7 Å². The number of ether oxygens (including phenoxy) is 1. The minimum atomic E-state index is -3.56. The minimum Gasteiger partial charge on any atom is -0.497 e. The molecule has 8 nitrogen and oxygen atoms in total. The quantitative estimate of drug-likeness (QED) is 0.296. The van der Waals surface area contributed by atoms with Gasteiger partial charge >= 0.3 is 0 Å². The lowest BCUT2D eigenvalue weighted by atomic mass is 10.0. The largest absolute Gasteiger partial charge is 0.497 e. The molecule has 9 heteroatoms. The van der Waals surface area contributed by atoms with Crippen LogP contribution in [0, 0.1) is 0 Å². The van der Waals surface area contributed by atoms with Crippen LogP contribution in [0.4, 0.5) is 0 Å². The Hall–Kier alpha value is -3.95. The molecule has 0 aliphatic carbocycles. The molecule has 0 aliphatic heterocycles. The number of nitrogens with one attached hydrogen (secondary N) is 2. The third kappa shape index (κ3) is 8.27. The molecular formula is C30H35N3O5S. The van der Waals surface area contributed by atoms with Gasteiger partial charge in [-0.3, -0.25) is 9.59 Å². The summed E-state index contributed by atoms with van der Waals surface area (Å²) in [6.45, 7) is 6.17. The first-order chi connectivity index (χ1) is 18.8. The maximum absolute atomic E-state index is 13.7. The fourth-order valence-corrected chi connectivity index (χ4v) is 5.17. The van der Waals surface area contributed by atoms with E-state index < -0.39 is 16.1 Å². The Morgan fingerprint density at radius 1 is 0.974 bits per heavy atom. The average Bonchev–Trinajstić information content (AvgIpc) is 2.95.